The third-order valence-electron chi connectivity index (χ3n) is 3.70. The molecule has 0 atom stereocenters. The molecule has 1 heterocycles. The van der Waals surface area contributed by atoms with Crippen LogP contribution in [0.3, 0.4) is 0 Å². The van der Waals surface area contributed by atoms with Crippen molar-refractivity contribution in [2.45, 2.75) is 30.6 Å². The standard InChI is InChI=1S/C18H23ClN4O4S2/c1-12(2)21-18(25)22-14-6-4-13(5-7-14)10-20-16(24)11-23(3)29(26,27)17-9-8-15(19)28-17/h4-9,12H,10-11H2,1-3H3,(H,20,24)(H2,21,22,25). The second-order valence-electron chi connectivity index (χ2n) is 6.55. The zero-order valence-corrected chi connectivity index (χ0v) is 18.6. The highest BCUT2D eigenvalue weighted by molar-refractivity contribution is 7.91. The predicted octanol–water partition coefficient (Wildman–Crippen LogP) is 2.87. The Morgan fingerprint density at radius 1 is 1.14 bits per heavy atom. The Morgan fingerprint density at radius 2 is 1.79 bits per heavy atom. The number of sulfonamides is 1. The van der Waals surface area contributed by atoms with Crippen molar-refractivity contribution in [1.82, 2.24) is 14.9 Å². The molecule has 2 aromatic rings. The number of carbonyl (C=O) groups is 2. The molecule has 0 aliphatic rings. The smallest absolute Gasteiger partial charge is 0.319 e. The van der Waals surface area contributed by atoms with Gasteiger partial charge in [0, 0.05) is 25.3 Å². The van der Waals surface area contributed by atoms with Crippen LogP contribution in [0.5, 0.6) is 0 Å². The van der Waals surface area contributed by atoms with E-state index in [4.69, 9.17) is 11.6 Å². The lowest BCUT2D eigenvalue weighted by molar-refractivity contribution is -0.121. The van der Waals surface area contributed by atoms with Crippen LogP contribution in [0.4, 0.5) is 10.5 Å². The summed E-state index contributed by atoms with van der Waals surface area (Å²) in [5.74, 6) is -0.433. The number of hydrogen-bond donors (Lipinski definition) is 3. The minimum absolute atomic E-state index is 0.0308. The van der Waals surface area contributed by atoms with Gasteiger partial charge >= 0.3 is 6.03 Å². The first-order valence-corrected chi connectivity index (χ1v) is 11.4. The fraction of sp³-hybridized carbons (Fsp3) is 0.333. The van der Waals surface area contributed by atoms with Crippen molar-refractivity contribution in [3.05, 3.63) is 46.3 Å². The Bertz CT molecular complexity index is 958. The monoisotopic (exact) mass is 458 g/mol. The fourth-order valence-corrected chi connectivity index (χ4v) is 5.09. The van der Waals surface area contributed by atoms with Gasteiger partial charge in [0.05, 0.1) is 10.9 Å². The van der Waals surface area contributed by atoms with Crippen molar-refractivity contribution in [2.75, 3.05) is 18.9 Å². The summed E-state index contributed by atoms with van der Waals surface area (Å²) in [5, 5.41) is 8.11. The first kappa shape index (κ1) is 23.1. The van der Waals surface area contributed by atoms with Crippen molar-refractivity contribution in [3.63, 3.8) is 0 Å². The lowest BCUT2D eigenvalue weighted by Gasteiger charge is -2.15. The van der Waals surface area contributed by atoms with Crippen molar-refractivity contribution < 1.29 is 18.0 Å². The Morgan fingerprint density at radius 3 is 2.34 bits per heavy atom. The molecule has 1 aromatic heterocycles. The summed E-state index contributed by atoms with van der Waals surface area (Å²) in [6, 6.07) is 9.61. The molecule has 2 rings (SSSR count). The van der Waals surface area contributed by atoms with E-state index in [-0.39, 0.29) is 29.4 Å². The van der Waals surface area contributed by atoms with E-state index >= 15 is 0 Å². The Balaban J connectivity index is 1.85. The molecule has 0 saturated carbocycles. The Labute approximate surface area is 179 Å². The zero-order valence-electron chi connectivity index (χ0n) is 16.2. The molecule has 0 saturated heterocycles. The summed E-state index contributed by atoms with van der Waals surface area (Å²) < 4.78 is 26.2. The SMILES string of the molecule is CC(C)NC(=O)Nc1ccc(CNC(=O)CN(C)S(=O)(=O)c2ccc(Cl)s2)cc1. The molecular formula is C18H23ClN4O4S2. The molecule has 3 amide bonds. The summed E-state index contributed by atoms with van der Waals surface area (Å²) in [6.07, 6.45) is 0. The second-order valence-corrected chi connectivity index (χ2v) is 10.5. The lowest BCUT2D eigenvalue weighted by Crippen LogP contribution is -2.37. The maximum absolute atomic E-state index is 12.4. The van der Waals surface area contributed by atoms with Crippen LogP contribution in [0.25, 0.3) is 0 Å². The molecule has 0 aliphatic heterocycles. The van der Waals surface area contributed by atoms with Gasteiger partial charge in [-0.2, -0.15) is 4.31 Å². The first-order chi connectivity index (χ1) is 13.6. The molecule has 0 fully saturated rings. The van der Waals surface area contributed by atoms with E-state index < -0.39 is 15.9 Å². The zero-order chi connectivity index (χ0) is 21.6. The van der Waals surface area contributed by atoms with Crippen LogP contribution in [0.2, 0.25) is 4.34 Å². The average Bonchev–Trinajstić information content (AvgIpc) is 3.07. The van der Waals surface area contributed by atoms with Gasteiger partial charge in [0.1, 0.15) is 4.21 Å². The van der Waals surface area contributed by atoms with Gasteiger partial charge in [0.15, 0.2) is 0 Å². The van der Waals surface area contributed by atoms with Crippen LogP contribution in [-0.2, 0) is 21.4 Å². The molecule has 0 radical (unpaired) electrons. The van der Waals surface area contributed by atoms with E-state index in [2.05, 4.69) is 16.0 Å². The van der Waals surface area contributed by atoms with E-state index in [9.17, 15) is 18.0 Å². The van der Waals surface area contributed by atoms with E-state index in [0.717, 1.165) is 21.2 Å². The summed E-state index contributed by atoms with van der Waals surface area (Å²) in [5.41, 5.74) is 1.43. The minimum atomic E-state index is -3.76. The Kier molecular flexibility index (Phi) is 8.03. The second kappa shape index (κ2) is 10.1. The number of halogens is 1. The summed E-state index contributed by atoms with van der Waals surface area (Å²) in [4.78, 5) is 23.8. The van der Waals surface area contributed by atoms with Crippen LogP contribution in [-0.4, -0.2) is 44.3 Å². The van der Waals surface area contributed by atoms with Gasteiger partial charge in [-0.3, -0.25) is 4.79 Å². The number of nitrogens with zero attached hydrogens (tertiary/aromatic N) is 1. The molecule has 11 heteroatoms. The molecule has 0 spiro atoms. The van der Waals surface area contributed by atoms with E-state index in [1.165, 1.54) is 19.2 Å². The number of urea groups is 1. The molecule has 158 valence electrons. The maximum Gasteiger partial charge on any atom is 0.319 e. The van der Waals surface area contributed by atoms with Gasteiger partial charge < -0.3 is 16.0 Å². The van der Waals surface area contributed by atoms with E-state index in [1.807, 2.05) is 13.8 Å². The van der Waals surface area contributed by atoms with Gasteiger partial charge in [-0.15, -0.1) is 11.3 Å². The lowest BCUT2D eigenvalue weighted by atomic mass is 10.2. The number of nitrogens with one attached hydrogen (secondary N) is 3. The van der Waals surface area contributed by atoms with Crippen molar-refractivity contribution in [3.8, 4) is 0 Å². The summed E-state index contributed by atoms with van der Waals surface area (Å²) in [6.45, 7) is 3.65. The van der Waals surface area contributed by atoms with Crippen molar-refractivity contribution in [1.29, 1.82) is 0 Å². The van der Waals surface area contributed by atoms with Crippen molar-refractivity contribution >= 4 is 50.6 Å². The molecule has 3 N–H and O–H groups in total. The van der Waals surface area contributed by atoms with Crippen LogP contribution in [0.1, 0.15) is 19.4 Å². The third kappa shape index (κ3) is 7.00. The molecule has 8 nitrogen and oxygen atoms in total. The van der Waals surface area contributed by atoms with Gasteiger partial charge in [0.25, 0.3) is 10.0 Å². The third-order valence-corrected chi connectivity index (χ3v) is 7.20. The maximum atomic E-state index is 12.4. The van der Waals surface area contributed by atoms with Gasteiger partial charge in [-0.25, -0.2) is 13.2 Å². The number of amides is 3. The minimum Gasteiger partial charge on any atom is -0.351 e. The number of rotatable bonds is 8. The van der Waals surface area contributed by atoms with Crippen LogP contribution >= 0.6 is 22.9 Å². The molecule has 29 heavy (non-hydrogen) atoms. The molecule has 0 bridgehead atoms. The molecule has 0 unspecified atom stereocenters. The highest BCUT2D eigenvalue weighted by atomic mass is 35.5. The molecular weight excluding hydrogens is 436 g/mol. The largest absolute Gasteiger partial charge is 0.351 e. The van der Waals surface area contributed by atoms with E-state index in [1.54, 1.807) is 24.3 Å². The summed E-state index contributed by atoms with van der Waals surface area (Å²) in [7, 11) is -2.42. The van der Waals surface area contributed by atoms with E-state index in [0.29, 0.717) is 10.0 Å². The predicted molar refractivity (Wildman–Crippen MR) is 115 cm³/mol. The number of anilines is 1. The van der Waals surface area contributed by atoms with Crippen LogP contribution in [0.15, 0.2) is 40.6 Å². The van der Waals surface area contributed by atoms with Crippen LogP contribution in [0, 0.1) is 0 Å². The first-order valence-electron chi connectivity index (χ1n) is 8.73. The number of thiophene rings is 1. The normalized spacial score (nSPS) is 11.5. The molecule has 1 aromatic carbocycles. The topological polar surface area (TPSA) is 108 Å². The van der Waals surface area contributed by atoms with Crippen LogP contribution < -0.4 is 16.0 Å². The molecule has 0 aliphatic carbocycles. The van der Waals surface area contributed by atoms with Crippen molar-refractivity contribution in [2.24, 2.45) is 0 Å². The number of likely N-dealkylation sites (N-methyl/N-ethyl adjacent to an activating group) is 1. The summed E-state index contributed by atoms with van der Waals surface area (Å²) >= 11 is 6.72. The van der Waals surface area contributed by atoms with Gasteiger partial charge in [-0.05, 0) is 43.7 Å². The fourth-order valence-electron chi connectivity index (χ4n) is 2.27. The Hall–Kier alpha value is -2.14. The van der Waals surface area contributed by atoms with Gasteiger partial charge in [0.2, 0.25) is 5.91 Å². The number of hydrogen-bond acceptors (Lipinski definition) is 5. The number of carbonyl (C=O) groups excluding carboxylic acids is 2. The average molecular weight is 459 g/mol. The highest BCUT2D eigenvalue weighted by Crippen LogP contribution is 2.27. The number of benzene rings is 1. The highest BCUT2D eigenvalue weighted by Gasteiger charge is 2.24. The van der Waals surface area contributed by atoms with Gasteiger partial charge in [-0.1, -0.05) is 23.7 Å². The quantitative estimate of drug-likeness (QED) is 0.565.